The molecule has 1 aromatic carbocycles. The van der Waals surface area contributed by atoms with Crippen molar-refractivity contribution in [3.63, 3.8) is 0 Å². The molecule has 1 heterocycles. The van der Waals surface area contributed by atoms with E-state index >= 15 is 0 Å². The highest BCUT2D eigenvalue weighted by Crippen LogP contribution is 2.25. The SMILES string of the molecule is CCN(CCC(=O)O)C(=O)C1CCCN1C(=O)c1cc(Cl)cc(Cl)c1. The molecule has 6 nitrogen and oxygen atoms in total. The number of carboxylic acid groups (broad SMARTS) is 1. The molecule has 1 atom stereocenters. The van der Waals surface area contributed by atoms with Crippen molar-refractivity contribution in [3.8, 4) is 0 Å². The Kier molecular flexibility index (Phi) is 6.67. The maximum Gasteiger partial charge on any atom is 0.305 e. The number of hydrogen-bond acceptors (Lipinski definition) is 3. The number of rotatable bonds is 6. The van der Waals surface area contributed by atoms with Gasteiger partial charge >= 0.3 is 5.97 Å². The first kappa shape index (κ1) is 19.5. The molecule has 0 aliphatic carbocycles. The molecular formula is C17H20Cl2N2O4. The van der Waals surface area contributed by atoms with Gasteiger partial charge in [-0.2, -0.15) is 0 Å². The van der Waals surface area contributed by atoms with Crippen LogP contribution in [0.15, 0.2) is 18.2 Å². The average Bonchev–Trinajstić information content (AvgIpc) is 3.02. The first-order valence-corrected chi connectivity index (χ1v) is 8.86. The van der Waals surface area contributed by atoms with Crippen LogP contribution in [-0.2, 0) is 9.59 Å². The molecule has 0 aromatic heterocycles. The summed E-state index contributed by atoms with van der Waals surface area (Å²) in [6.45, 7) is 2.79. The molecule has 0 spiro atoms. The zero-order chi connectivity index (χ0) is 18.6. The standard InChI is InChI=1S/C17H20Cl2N2O4/c1-2-20(7-5-15(22)23)17(25)14-4-3-6-21(14)16(24)11-8-12(18)10-13(19)9-11/h8-10,14H,2-7H2,1H3,(H,22,23). The minimum Gasteiger partial charge on any atom is -0.481 e. The molecule has 8 heteroatoms. The molecule has 1 fully saturated rings. The van der Waals surface area contributed by atoms with Gasteiger partial charge in [-0.25, -0.2) is 0 Å². The van der Waals surface area contributed by atoms with E-state index in [2.05, 4.69) is 0 Å². The zero-order valence-electron chi connectivity index (χ0n) is 13.9. The molecule has 1 aromatic rings. The van der Waals surface area contributed by atoms with Gasteiger partial charge in [0.25, 0.3) is 5.91 Å². The van der Waals surface area contributed by atoms with E-state index < -0.39 is 12.0 Å². The zero-order valence-corrected chi connectivity index (χ0v) is 15.4. The minimum atomic E-state index is -0.959. The molecule has 1 aliphatic heterocycles. The lowest BCUT2D eigenvalue weighted by atomic mass is 10.1. The van der Waals surface area contributed by atoms with Crippen LogP contribution in [0.25, 0.3) is 0 Å². The number of hydrogen-bond donors (Lipinski definition) is 1. The maximum absolute atomic E-state index is 12.8. The first-order chi connectivity index (χ1) is 11.8. The Morgan fingerprint density at radius 1 is 1.24 bits per heavy atom. The van der Waals surface area contributed by atoms with Crippen LogP contribution in [0.2, 0.25) is 10.0 Å². The van der Waals surface area contributed by atoms with Crippen LogP contribution in [0.1, 0.15) is 36.5 Å². The number of carbonyl (C=O) groups excluding carboxylic acids is 2. The third kappa shape index (κ3) is 4.86. The lowest BCUT2D eigenvalue weighted by Crippen LogP contribution is -2.48. The molecule has 25 heavy (non-hydrogen) atoms. The summed E-state index contributed by atoms with van der Waals surface area (Å²) in [4.78, 5) is 39.3. The summed E-state index contributed by atoms with van der Waals surface area (Å²) < 4.78 is 0. The molecule has 0 bridgehead atoms. The monoisotopic (exact) mass is 386 g/mol. The minimum absolute atomic E-state index is 0.121. The van der Waals surface area contributed by atoms with E-state index in [4.69, 9.17) is 28.3 Å². The summed E-state index contributed by atoms with van der Waals surface area (Å²) in [5.74, 6) is -1.48. The van der Waals surface area contributed by atoms with Gasteiger partial charge in [-0.1, -0.05) is 23.2 Å². The molecule has 0 radical (unpaired) electrons. The number of carbonyl (C=O) groups is 3. The topological polar surface area (TPSA) is 77.9 Å². The summed E-state index contributed by atoms with van der Waals surface area (Å²) in [5, 5.41) is 9.53. The maximum atomic E-state index is 12.8. The van der Waals surface area contributed by atoms with Gasteiger partial charge in [0.05, 0.1) is 6.42 Å². The molecular weight excluding hydrogens is 367 g/mol. The fourth-order valence-electron chi connectivity index (χ4n) is 2.98. The summed E-state index contributed by atoms with van der Waals surface area (Å²) >= 11 is 11.9. The summed E-state index contributed by atoms with van der Waals surface area (Å²) in [6, 6.07) is 4.01. The van der Waals surface area contributed by atoms with Crippen molar-refractivity contribution in [2.45, 2.75) is 32.2 Å². The molecule has 0 saturated carbocycles. The van der Waals surface area contributed by atoms with E-state index in [0.717, 1.165) is 0 Å². The second kappa shape index (κ2) is 8.54. The second-order valence-corrected chi connectivity index (χ2v) is 6.75. The van der Waals surface area contributed by atoms with E-state index in [1.165, 1.54) is 28.0 Å². The molecule has 1 N–H and O–H groups in total. The van der Waals surface area contributed by atoms with Gasteiger partial charge in [-0.05, 0) is 38.0 Å². The average molecular weight is 387 g/mol. The lowest BCUT2D eigenvalue weighted by Gasteiger charge is -2.29. The van der Waals surface area contributed by atoms with E-state index in [1.54, 1.807) is 6.92 Å². The molecule has 136 valence electrons. The number of likely N-dealkylation sites (N-methyl/N-ethyl adjacent to an activating group) is 1. The van der Waals surface area contributed by atoms with Gasteiger partial charge in [0.2, 0.25) is 5.91 Å². The molecule has 1 saturated heterocycles. The van der Waals surface area contributed by atoms with Crippen LogP contribution in [0.5, 0.6) is 0 Å². The Hall–Kier alpha value is -1.79. The lowest BCUT2D eigenvalue weighted by molar-refractivity contribution is -0.139. The van der Waals surface area contributed by atoms with Crippen LogP contribution in [0.4, 0.5) is 0 Å². The molecule has 2 amide bonds. The van der Waals surface area contributed by atoms with E-state index in [0.29, 0.717) is 41.5 Å². The quantitative estimate of drug-likeness (QED) is 0.814. The van der Waals surface area contributed by atoms with Gasteiger partial charge in [-0.3, -0.25) is 14.4 Å². The fraction of sp³-hybridized carbons (Fsp3) is 0.471. The largest absolute Gasteiger partial charge is 0.481 e. The van der Waals surface area contributed by atoms with Crippen LogP contribution in [0, 0.1) is 0 Å². The van der Waals surface area contributed by atoms with Gasteiger partial charge in [0, 0.05) is 35.2 Å². The smallest absolute Gasteiger partial charge is 0.305 e. The number of halogens is 2. The Balaban J connectivity index is 2.16. The highest BCUT2D eigenvalue weighted by molar-refractivity contribution is 6.35. The number of likely N-dealkylation sites (tertiary alicyclic amines) is 1. The van der Waals surface area contributed by atoms with Gasteiger partial charge in [-0.15, -0.1) is 0 Å². The van der Waals surface area contributed by atoms with Crippen LogP contribution in [-0.4, -0.2) is 58.4 Å². The van der Waals surface area contributed by atoms with Crippen molar-refractivity contribution in [3.05, 3.63) is 33.8 Å². The van der Waals surface area contributed by atoms with Gasteiger partial charge in [0.1, 0.15) is 6.04 Å². The predicted molar refractivity (Wildman–Crippen MR) is 95.0 cm³/mol. The van der Waals surface area contributed by atoms with E-state index in [1.807, 2.05) is 0 Å². The number of benzene rings is 1. The number of aliphatic carboxylic acids is 1. The predicted octanol–water partition coefficient (Wildman–Crippen LogP) is 2.92. The van der Waals surface area contributed by atoms with Crippen molar-refractivity contribution in [2.24, 2.45) is 0 Å². The van der Waals surface area contributed by atoms with Crippen LogP contribution in [0.3, 0.4) is 0 Å². The fourth-order valence-corrected chi connectivity index (χ4v) is 3.50. The summed E-state index contributed by atoms with van der Waals surface area (Å²) in [5.41, 5.74) is 0.339. The third-order valence-corrected chi connectivity index (χ3v) is 4.63. The molecule has 1 unspecified atom stereocenters. The van der Waals surface area contributed by atoms with Crippen molar-refractivity contribution >= 4 is 41.0 Å². The highest BCUT2D eigenvalue weighted by Gasteiger charge is 2.36. The van der Waals surface area contributed by atoms with Gasteiger partial charge < -0.3 is 14.9 Å². The molecule has 1 aliphatic rings. The van der Waals surface area contributed by atoms with Crippen molar-refractivity contribution in [1.29, 1.82) is 0 Å². The summed E-state index contributed by atoms with van der Waals surface area (Å²) in [6.07, 6.45) is 1.15. The summed E-state index contributed by atoms with van der Waals surface area (Å²) in [7, 11) is 0. The van der Waals surface area contributed by atoms with E-state index in [9.17, 15) is 14.4 Å². The third-order valence-electron chi connectivity index (χ3n) is 4.20. The van der Waals surface area contributed by atoms with Crippen molar-refractivity contribution in [2.75, 3.05) is 19.6 Å². The van der Waals surface area contributed by atoms with Crippen molar-refractivity contribution < 1.29 is 19.5 Å². The first-order valence-electron chi connectivity index (χ1n) is 8.11. The van der Waals surface area contributed by atoms with Crippen LogP contribution < -0.4 is 0 Å². The number of amides is 2. The molecule has 2 rings (SSSR count). The second-order valence-electron chi connectivity index (χ2n) is 5.88. The number of carboxylic acids is 1. The Morgan fingerprint density at radius 3 is 2.44 bits per heavy atom. The Labute approximate surface area is 156 Å². The highest BCUT2D eigenvalue weighted by atomic mass is 35.5. The normalized spacial score (nSPS) is 16.8. The Morgan fingerprint density at radius 2 is 1.88 bits per heavy atom. The van der Waals surface area contributed by atoms with Gasteiger partial charge in [0.15, 0.2) is 0 Å². The van der Waals surface area contributed by atoms with Crippen molar-refractivity contribution in [1.82, 2.24) is 9.80 Å². The van der Waals surface area contributed by atoms with Crippen LogP contribution >= 0.6 is 23.2 Å². The number of nitrogens with zero attached hydrogens (tertiary/aromatic N) is 2. The Bertz CT molecular complexity index is 660. The van der Waals surface area contributed by atoms with E-state index in [-0.39, 0.29) is 24.8 Å².